The summed E-state index contributed by atoms with van der Waals surface area (Å²) >= 11 is 0. The predicted octanol–water partition coefficient (Wildman–Crippen LogP) is 9.01. The number of rotatable bonds is 17. The molecule has 17 rings (SSSR count). The fourth-order valence-electron chi connectivity index (χ4n) is 17.9. The van der Waals surface area contributed by atoms with Gasteiger partial charge in [-0.1, -0.05) is 97.1 Å². The van der Waals surface area contributed by atoms with E-state index >= 15 is 0 Å². The van der Waals surface area contributed by atoms with Gasteiger partial charge in [0.15, 0.2) is 34.3 Å². The Bertz CT molecular complexity index is 5770. The van der Waals surface area contributed by atoms with Gasteiger partial charge in [0, 0.05) is 142 Å². The second-order valence-electron chi connectivity index (χ2n) is 30.4. The third kappa shape index (κ3) is 13.5. The van der Waals surface area contributed by atoms with E-state index in [2.05, 4.69) is 16.0 Å². The Hall–Kier alpha value is -12.4. The van der Waals surface area contributed by atoms with Crippen LogP contribution < -0.4 is 41.7 Å². The molecule has 0 aliphatic carbocycles. The lowest BCUT2D eigenvalue weighted by Gasteiger charge is -2.46. The molecular formula is C85H76F9N9O15. The van der Waals surface area contributed by atoms with Crippen molar-refractivity contribution in [2.24, 2.45) is 0 Å². The number of aromatic nitrogens is 3. The first-order valence-electron chi connectivity index (χ1n) is 37.8. The number of aromatic hydroxyl groups is 1. The number of pyridine rings is 3. The van der Waals surface area contributed by atoms with Crippen molar-refractivity contribution in [1.82, 2.24) is 44.4 Å². The van der Waals surface area contributed by atoms with Crippen LogP contribution in [0.4, 0.5) is 39.5 Å². The Morgan fingerprint density at radius 2 is 0.737 bits per heavy atom. The van der Waals surface area contributed by atoms with Crippen LogP contribution in [0.15, 0.2) is 148 Å². The van der Waals surface area contributed by atoms with Gasteiger partial charge in [0.05, 0.1) is 22.7 Å². The van der Waals surface area contributed by atoms with E-state index < -0.39 is 187 Å². The minimum atomic E-state index is -1.19. The van der Waals surface area contributed by atoms with Crippen LogP contribution in [0.5, 0.6) is 17.2 Å². The maximum absolute atomic E-state index is 14.3. The van der Waals surface area contributed by atoms with Crippen LogP contribution in [0.25, 0.3) is 0 Å². The summed E-state index contributed by atoms with van der Waals surface area (Å²) in [7, 11) is 3.08. The second-order valence-corrected chi connectivity index (χ2v) is 30.4. The minimum Gasteiger partial charge on any atom is -0.503 e. The van der Waals surface area contributed by atoms with Crippen molar-refractivity contribution >= 4 is 35.4 Å². The van der Waals surface area contributed by atoms with Crippen LogP contribution in [-0.4, -0.2) is 144 Å². The van der Waals surface area contributed by atoms with Crippen molar-refractivity contribution in [1.29, 1.82) is 0 Å². The van der Waals surface area contributed by atoms with Gasteiger partial charge in [-0.2, -0.15) is 0 Å². The molecule has 8 aromatic rings. The number of nitrogens with zero attached hydrogens (tertiary/aromatic N) is 6. The third-order valence-corrected chi connectivity index (χ3v) is 23.8. The molecule has 33 heteroatoms. The molecule has 0 fully saturated rings. The first-order valence-corrected chi connectivity index (χ1v) is 37.8. The van der Waals surface area contributed by atoms with Gasteiger partial charge < -0.3 is 73.5 Å². The SMILES string of the molecule is CO[C@H]1C=C[C@H](C)N2C[C@]13CCc1c(C(=O)NCc4c(F)cc(F)cc4F)c(=O)c(O)c(n13)C2=O.CO[C@H]1C=C[C@H](C)N2C[C@]13CCc1c(C(=O)NCc4c(F)cc(F)cc4F)c(=O)c(OCc4ccccc4)c(n13)C2=O.C[C@H]1C=C[C@H](O)[C@]23CCc4c(C(=O)NCc5c(F)cc(F)cc5F)c(=O)c(OCc5ccccc5)c(n42)C(=O)N1C3. The van der Waals surface area contributed by atoms with Gasteiger partial charge in [0.2, 0.25) is 16.3 Å². The minimum absolute atomic E-state index is 0.0412. The van der Waals surface area contributed by atoms with Crippen LogP contribution in [0.2, 0.25) is 0 Å². The number of aliphatic hydroxyl groups excluding tert-OH is 1. The van der Waals surface area contributed by atoms with Crippen LogP contribution in [-0.2, 0) is 78.2 Å². The maximum Gasteiger partial charge on any atom is 0.275 e. The van der Waals surface area contributed by atoms with Gasteiger partial charge in [-0.25, -0.2) is 39.5 Å². The van der Waals surface area contributed by atoms with E-state index in [1.165, 1.54) is 11.7 Å². The number of nitrogens with one attached hydrogen (secondary N) is 3. The molecule has 614 valence electrons. The molecule has 5 N–H and O–H groups in total. The van der Waals surface area contributed by atoms with Crippen molar-refractivity contribution < 1.29 is 97.4 Å². The summed E-state index contributed by atoms with van der Waals surface area (Å²) in [6.45, 7) is 4.12. The van der Waals surface area contributed by atoms with Crippen molar-refractivity contribution in [3.8, 4) is 17.2 Å². The van der Waals surface area contributed by atoms with Crippen LogP contribution in [0.3, 0.4) is 0 Å². The fourth-order valence-corrected chi connectivity index (χ4v) is 17.9. The van der Waals surface area contributed by atoms with E-state index in [4.69, 9.17) is 18.9 Å². The molecule has 24 nitrogen and oxygen atoms in total. The van der Waals surface area contributed by atoms with Crippen molar-refractivity contribution in [2.75, 3.05) is 33.9 Å². The smallest absolute Gasteiger partial charge is 0.275 e. The highest BCUT2D eigenvalue weighted by molar-refractivity contribution is 6.03. The zero-order valence-electron chi connectivity index (χ0n) is 63.9. The zero-order valence-corrected chi connectivity index (χ0v) is 63.9. The lowest BCUT2D eigenvalue weighted by atomic mass is 9.87. The van der Waals surface area contributed by atoms with E-state index in [9.17, 15) is 92.9 Å². The molecule has 12 heterocycles. The number of hydrogen-bond donors (Lipinski definition) is 5. The van der Waals surface area contributed by atoms with Gasteiger partial charge in [0.1, 0.15) is 94.5 Å². The second kappa shape index (κ2) is 31.3. The van der Waals surface area contributed by atoms with E-state index in [1.807, 2.05) is 69.3 Å². The number of halogens is 9. The molecule has 3 aromatic heterocycles. The standard InChI is InChI=1S/C31H28F3N3O5.C30H26F3N3O5.C24H22F3N3O5/c1-17-8-9-24(41-2)31-11-10-23-25(29(39)35-14-20-21(33)12-19(32)13-22(20)34)27(38)28(42-15-18-6-4-3-5-7-18)26(37(23)31)30(40)36(17)16-31;1-16-7-8-23(37)30-10-9-22-24(28(39)34-13-19-20(32)11-18(31)12-21(19)33)26(38)27(41-14-17-5-3-2-4-6-17)25(36(22)30)29(40)35(16)15-30;1-11-3-4-17(35-2)24-6-5-16-18(20(31)21(32)19(30(16)24)23(34)29(11)10-24)22(33)28-9-13-14(26)7-12(25)8-15(13)27/h3-9,12-13,17,24H,10-11,14-16H2,1-2H3,(H,35,39);2-8,11-12,16,23,37H,9-10,13-15H2,1H3,(H,34,39);3-4,7-8,11,17,32H,5-6,9-10H2,1-2H3,(H,28,33)/t17-,24-,31+;16-,23-,30+;11-,17-,24+/m000/s1. The summed E-state index contributed by atoms with van der Waals surface area (Å²) in [6.07, 6.45) is 10.6. The molecule has 3 spiro atoms. The average molecular weight is 1630 g/mol. The molecule has 0 saturated carbocycles. The quantitative estimate of drug-likeness (QED) is 0.0420. The number of benzene rings is 5. The summed E-state index contributed by atoms with van der Waals surface area (Å²) in [5, 5.41) is 29.2. The molecule has 6 bridgehead atoms. The molecule has 0 unspecified atom stereocenters. The number of carbonyl (C=O) groups is 6. The van der Waals surface area contributed by atoms with E-state index in [1.54, 1.807) is 79.5 Å². The van der Waals surface area contributed by atoms with Gasteiger partial charge >= 0.3 is 0 Å². The van der Waals surface area contributed by atoms with Crippen LogP contribution in [0, 0.1) is 52.4 Å². The molecule has 9 aliphatic rings. The number of aliphatic hydroxyl groups is 1. The molecule has 5 aromatic carbocycles. The maximum atomic E-state index is 14.3. The Morgan fingerprint density at radius 1 is 0.432 bits per heavy atom. The predicted molar refractivity (Wildman–Crippen MR) is 403 cm³/mol. The fraction of sp³-hybridized carbons (Fsp3) is 0.329. The van der Waals surface area contributed by atoms with Gasteiger partial charge in [-0.05, 0) is 70.4 Å². The largest absolute Gasteiger partial charge is 0.503 e. The van der Waals surface area contributed by atoms with Crippen molar-refractivity contribution in [3.63, 3.8) is 0 Å². The molecular weight excluding hydrogens is 1560 g/mol. The highest BCUT2D eigenvalue weighted by Crippen LogP contribution is 2.50. The van der Waals surface area contributed by atoms with Gasteiger partial charge in [0.25, 0.3) is 35.4 Å². The molecule has 0 saturated heterocycles. The Labute approximate surface area is 666 Å². The zero-order chi connectivity index (χ0) is 84.0. The lowest BCUT2D eigenvalue weighted by Crippen LogP contribution is -2.59. The summed E-state index contributed by atoms with van der Waals surface area (Å²) in [6, 6.07) is 20.0. The molecule has 118 heavy (non-hydrogen) atoms. The summed E-state index contributed by atoms with van der Waals surface area (Å²) < 4.78 is 154. The molecule has 6 amide bonds. The number of amides is 6. The highest BCUT2D eigenvalue weighted by atomic mass is 19.2. The van der Waals surface area contributed by atoms with E-state index in [0.29, 0.717) is 66.9 Å². The number of hydrogen-bond acceptors (Lipinski definition) is 15. The normalized spacial score (nSPS) is 22.9. The highest BCUT2D eigenvalue weighted by Gasteiger charge is 2.59. The van der Waals surface area contributed by atoms with Crippen LogP contribution >= 0.6 is 0 Å². The molecule has 9 aliphatic heterocycles. The molecule has 0 radical (unpaired) electrons. The number of methoxy groups -OCH3 is 2. The average Bonchev–Trinajstić information content (AvgIpc) is 1.61. The first kappa shape index (κ1) is 80.8. The summed E-state index contributed by atoms with van der Waals surface area (Å²) in [4.78, 5) is 127. The van der Waals surface area contributed by atoms with E-state index in [-0.39, 0.29) is 121 Å². The Balaban J connectivity index is 0.000000139. The Kier molecular flexibility index (Phi) is 21.4. The first-order chi connectivity index (χ1) is 56.4. The third-order valence-electron chi connectivity index (χ3n) is 23.8. The van der Waals surface area contributed by atoms with Crippen molar-refractivity contribution in [2.45, 2.75) is 145 Å². The Morgan fingerprint density at radius 3 is 1.09 bits per heavy atom. The topological polar surface area (TPSA) is 292 Å². The monoisotopic (exact) mass is 1630 g/mol. The van der Waals surface area contributed by atoms with Gasteiger partial charge in [-0.15, -0.1) is 0 Å². The molecule has 9 atom stereocenters. The van der Waals surface area contributed by atoms with Gasteiger partial charge in [-0.3, -0.25) is 43.2 Å². The van der Waals surface area contributed by atoms with Crippen molar-refractivity contribution in [3.05, 3.63) is 295 Å². The number of fused-ring (bicyclic) bond motifs is 3. The summed E-state index contributed by atoms with van der Waals surface area (Å²) in [5.41, 5.74) is -6.16. The lowest BCUT2D eigenvalue weighted by molar-refractivity contribution is -0.00192. The number of ether oxygens (including phenoxy) is 4. The van der Waals surface area contributed by atoms with E-state index in [0.717, 1.165) is 5.56 Å². The summed E-state index contributed by atoms with van der Waals surface area (Å²) in [5.74, 6) is -16.1. The number of carbonyl (C=O) groups excluding carboxylic acids is 6. The van der Waals surface area contributed by atoms with Crippen LogP contribution in [0.1, 0.15) is 147 Å².